The summed E-state index contributed by atoms with van der Waals surface area (Å²) in [6, 6.07) is 7.74. The Morgan fingerprint density at radius 1 is 1.31 bits per heavy atom. The fourth-order valence-electron chi connectivity index (χ4n) is 1.42. The number of nitrogens with two attached hydrogens (primary N) is 1. The Labute approximate surface area is 102 Å². The SMILES string of the molecule is CCSc1ccc(C(=O)CC(C)(C)N)cc1. The molecule has 0 aliphatic rings. The van der Waals surface area contributed by atoms with Gasteiger partial charge in [0, 0.05) is 22.4 Å². The van der Waals surface area contributed by atoms with Crippen LogP contribution < -0.4 is 5.73 Å². The first-order valence-electron chi connectivity index (χ1n) is 5.47. The lowest BCUT2D eigenvalue weighted by molar-refractivity contribution is 0.0960. The highest BCUT2D eigenvalue weighted by atomic mass is 32.2. The molecule has 0 amide bonds. The second-order valence-electron chi connectivity index (χ2n) is 4.55. The third-order valence-electron chi connectivity index (χ3n) is 2.10. The van der Waals surface area contributed by atoms with E-state index in [0.29, 0.717) is 6.42 Å². The molecule has 0 heterocycles. The van der Waals surface area contributed by atoms with E-state index in [1.165, 1.54) is 4.90 Å². The molecule has 1 aromatic rings. The van der Waals surface area contributed by atoms with Crippen LogP contribution >= 0.6 is 11.8 Å². The van der Waals surface area contributed by atoms with Gasteiger partial charge in [0.15, 0.2) is 5.78 Å². The maximum absolute atomic E-state index is 11.8. The van der Waals surface area contributed by atoms with Crippen LogP contribution in [0.2, 0.25) is 0 Å². The zero-order valence-corrected chi connectivity index (χ0v) is 10.9. The molecule has 1 aromatic carbocycles. The first-order chi connectivity index (χ1) is 7.42. The lowest BCUT2D eigenvalue weighted by atomic mass is 9.95. The summed E-state index contributed by atoms with van der Waals surface area (Å²) in [7, 11) is 0. The molecule has 0 fully saturated rings. The minimum absolute atomic E-state index is 0.112. The molecule has 0 radical (unpaired) electrons. The molecule has 0 unspecified atom stereocenters. The number of Topliss-reactive ketones (excluding diaryl/α,β-unsaturated/α-hetero) is 1. The van der Waals surface area contributed by atoms with Gasteiger partial charge in [0.05, 0.1) is 0 Å². The van der Waals surface area contributed by atoms with Crippen LogP contribution in [0.15, 0.2) is 29.2 Å². The van der Waals surface area contributed by atoms with E-state index in [0.717, 1.165) is 11.3 Å². The van der Waals surface area contributed by atoms with Gasteiger partial charge in [-0.25, -0.2) is 0 Å². The molecule has 0 aliphatic heterocycles. The van der Waals surface area contributed by atoms with E-state index in [-0.39, 0.29) is 5.78 Å². The summed E-state index contributed by atoms with van der Waals surface area (Å²) < 4.78 is 0. The van der Waals surface area contributed by atoms with E-state index in [1.54, 1.807) is 11.8 Å². The van der Waals surface area contributed by atoms with Crippen molar-refractivity contribution in [2.45, 2.75) is 37.6 Å². The highest BCUT2D eigenvalue weighted by Gasteiger charge is 2.17. The predicted molar refractivity (Wildman–Crippen MR) is 70.1 cm³/mol. The molecule has 88 valence electrons. The number of benzene rings is 1. The van der Waals surface area contributed by atoms with Crippen LogP contribution in [0.5, 0.6) is 0 Å². The van der Waals surface area contributed by atoms with Crippen molar-refractivity contribution in [3.63, 3.8) is 0 Å². The van der Waals surface area contributed by atoms with E-state index in [4.69, 9.17) is 5.73 Å². The topological polar surface area (TPSA) is 43.1 Å². The van der Waals surface area contributed by atoms with Crippen molar-refractivity contribution in [2.75, 3.05) is 5.75 Å². The Hall–Kier alpha value is -0.800. The van der Waals surface area contributed by atoms with Crippen LogP contribution in [0.3, 0.4) is 0 Å². The van der Waals surface area contributed by atoms with Crippen LogP contribution in [-0.4, -0.2) is 17.1 Å². The second-order valence-corrected chi connectivity index (χ2v) is 5.88. The number of carbonyl (C=O) groups excluding carboxylic acids is 1. The molecule has 16 heavy (non-hydrogen) atoms. The van der Waals surface area contributed by atoms with Crippen LogP contribution in [0.4, 0.5) is 0 Å². The lowest BCUT2D eigenvalue weighted by Gasteiger charge is -2.17. The van der Waals surface area contributed by atoms with E-state index >= 15 is 0 Å². The third kappa shape index (κ3) is 4.37. The monoisotopic (exact) mass is 237 g/mol. The zero-order valence-electron chi connectivity index (χ0n) is 10.1. The van der Waals surface area contributed by atoms with Gasteiger partial charge in [0.2, 0.25) is 0 Å². The molecule has 0 saturated carbocycles. The van der Waals surface area contributed by atoms with Crippen molar-refractivity contribution in [1.82, 2.24) is 0 Å². The summed E-state index contributed by atoms with van der Waals surface area (Å²) in [5.74, 6) is 1.16. The fraction of sp³-hybridized carbons (Fsp3) is 0.462. The van der Waals surface area contributed by atoms with Crippen LogP contribution in [-0.2, 0) is 0 Å². The molecule has 1 rings (SSSR count). The number of thioether (sulfide) groups is 1. The minimum atomic E-state index is -0.437. The summed E-state index contributed by atoms with van der Waals surface area (Å²) in [5.41, 5.74) is 6.14. The molecule has 0 saturated heterocycles. The van der Waals surface area contributed by atoms with Crippen LogP contribution in [0.25, 0.3) is 0 Å². The van der Waals surface area contributed by atoms with Crippen molar-refractivity contribution >= 4 is 17.5 Å². The molecule has 0 spiro atoms. The van der Waals surface area contributed by atoms with Crippen molar-refractivity contribution < 1.29 is 4.79 Å². The highest BCUT2D eigenvalue weighted by molar-refractivity contribution is 7.99. The smallest absolute Gasteiger partial charge is 0.164 e. The Bertz CT molecular complexity index is 351. The first kappa shape index (κ1) is 13.3. The summed E-state index contributed by atoms with van der Waals surface area (Å²) in [6.45, 7) is 5.85. The molecule has 0 bridgehead atoms. The van der Waals surface area contributed by atoms with Gasteiger partial charge < -0.3 is 5.73 Å². The van der Waals surface area contributed by atoms with E-state index < -0.39 is 5.54 Å². The third-order valence-corrected chi connectivity index (χ3v) is 3.00. The van der Waals surface area contributed by atoms with Gasteiger partial charge in [0.1, 0.15) is 0 Å². The largest absolute Gasteiger partial charge is 0.325 e. The number of carbonyl (C=O) groups is 1. The van der Waals surface area contributed by atoms with Gasteiger partial charge in [-0.3, -0.25) is 4.79 Å². The highest BCUT2D eigenvalue weighted by Crippen LogP contribution is 2.19. The maximum Gasteiger partial charge on any atom is 0.164 e. The predicted octanol–water partition coefficient (Wildman–Crippen LogP) is 3.11. The van der Waals surface area contributed by atoms with Crippen molar-refractivity contribution in [3.05, 3.63) is 29.8 Å². The fourth-order valence-corrected chi connectivity index (χ4v) is 2.08. The lowest BCUT2D eigenvalue weighted by Crippen LogP contribution is -2.34. The molecule has 0 aromatic heterocycles. The number of rotatable bonds is 5. The normalized spacial score (nSPS) is 11.5. The van der Waals surface area contributed by atoms with Gasteiger partial charge in [0.25, 0.3) is 0 Å². The average molecular weight is 237 g/mol. The number of ketones is 1. The van der Waals surface area contributed by atoms with Gasteiger partial charge in [-0.2, -0.15) is 0 Å². The molecule has 0 aliphatic carbocycles. The van der Waals surface area contributed by atoms with E-state index in [2.05, 4.69) is 6.92 Å². The Morgan fingerprint density at radius 3 is 2.31 bits per heavy atom. The van der Waals surface area contributed by atoms with E-state index in [1.807, 2.05) is 38.1 Å². The summed E-state index contributed by atoms with van der Waals surface area (Å²) in [6.07, 6.45) is 0.382. The summed E-state index contributed by atoms with van der Waals surface area (Å²) in [4.78, 5) is 13.0. The summed E-state index contributed by atoms with van der Waals surface area (Å²) >= 11 is 1.77. The quantitative estimate of drug-likeness (QED) is 0.632. The van der Waals surface area contributed by atoms with Crippen molar-refractivity contribution in [2.24, 2.45) is 5.73 Å². The standard InChI is InChI=1S/C13H19NOS/c1-4-16-11-7-5-10(6-8-11)12(15)9-13(2,3)14/h5-8H,4,9,14H2,1-3H3. The minimum Gasteiger partial charge on any atom is -0.325 e. The average Bonchev–Trinajstić information content (AvgIpc) is 2.16. The van der Waals surface area contributed by atoms with Gasteiger partial charge in [-0.15, -0.1) is 11.8 Å². The van der Waals surface area contributed by atoms with Gasteiger partial charge >= 0.3 is 0 Å². The molecular formula is C13H19NOS. The van der Waals surface area contributed by atoms with Gasteiger partial charge in [-0.1, -0.05) is 19.1 Å². The van der Waals surface area contributed by atoms with Crippen molar-refractivity contribution in [3.8, 4) is 0 Å². The van der Waals surface area contributed by atoms with Gasteiger partial charge in [-0.05, 0) is 31.7 Å². The Morgan fingerprint density at radius 2 is 1.88 bits per heavy atom. The molecular weight excluding hydrogens is 218 g/mol. The zero-order chi connectivity index (χ0) is 12.2. The number of hydrogen-bond donors (Lipinski definition) is 1. The van der Waals surface area contributed by atoms with E-state index in [9.17, 15) is 4.79 Å². The Balaban J connectivity index is 2.70. The molecule has 3 heteroatoms. The van der Waals surface area contributed by atoms with Crippen LogP contribution in [0, 0.1) is 0 Å². The summed E-state index contributed by atoms with van der Waals surface area (Å²) in [5, 5.41) is 0. The number of hydrogen-bond acceptors (Lipinski definition) is 3. The molecule has 2 N–H and O–H groups in total. The first-order valence-corrected chi connectivity index (χ1v) is 6.46. The molecule has 2 nitrogen and oxygen atoms in total. The van der Waals surface area contributed by atoms with Crippen LogP contribution in [0.1, 0.15) is 37.6 Å². The molecule has 0 atom stereocenters. The van der Waals surface area contributed by atoms with Crippen molar-refractivity contribution in [1.29, 1.82) is 0 Å². The maximum atomic E-state index is 11.8. The Kier molecular flexibility index (Phi) is 4.56. The second kappa shape index (κ2) is 5.51.